The van der Waals surface area contributed by atoms with E-state index in [0.29, 0.717) is 12.3 Å². The van der Waals surface area contributed by atoms with Crippen molar-refractivity contribution in [2.45, 2.75) is 39.7 Å². The molecule has 1 unspecified atom stereocenters. The Kier molecular flexibility index (Phi) is 7.02. The third-order valence-corrected chi connectivity index (χ3v) is 3.63. The molecule has 2 N–H and O–H groups in total. The third-order valence-electron chi connectivity index (χ3n) is 2.47. The molecule has 1 atom stereocenters. The molecule has 3 nitrogen and oxygen atoms in total. The summed E-state index contributed by atoms with van der Waals surface area (Å²) in [4.78, 5) is 11.3. The van der Waals surface area contributed by atoms with Gasteiger partial charge in [0.2, 0.25) is 5.91 Å². The van der Waals surface area contributed by atoms with Gasteiger partial charge < -0.3 is 10.4 Å². The highest BCUT2D eigenvalue weighted by atomic mass is 32.2. The molecular formula is C11H23NO2S. The van der Waals surface area contributed by atoms with Crippen molar-refractivity contribution < 1.29 is 9.90 Å². The Morgan fingerprint density at radius 3 is 2.60 bits per heavy atom. The average molecular weight is 233 g/mol. The number of hydrogen-bond donors (Lipinski definition) is 2. The lowest BCUT2D eigenvalue weighted by Crippen LogP contribution is -2.44. The van der Waals surface area contributed by atoms with Crippen molar-refractivity contribution in [3.05, 3.63) is 0 Å². The van der Waals surface area contributed by atoms with Crippen molar-refractivity contribution in [2.24, 2.45) is 5.92 Å². The van der Waals surface area contributed by atoms with E-state index in [-0.39, 0.29) is 11.8 Å². The predicted octanol–water partition coefficient (Wildman–Crippen LogP) is 1.65. The van der Waals surface area contributed by atoms with Crippen molar-refractivity contribution in [2.75, 3.05) is 18.1 Å². The van der Waals surface area contributed by atoms with Crippen molar-refractivity contribution in [1.29, 1.82) is 0 Å². The van der Waals surface area contributed by atoms with Crippen LogP contribution in [0.15, 0.2) is 0 Å². The molecule has 0 aromatic carbocycles. The molecule has 4 heteroatoms. The maximum atomic E-state index is 11.3. The number of carbonyl (C=O) groups is 1. The lowest BCUT2D eigenvalue weighted by Gasteiger charge is -2.27. The normalized spacial score (nSPS) is 15.1. The van der Waals surface area contributed by atoms with Crippen LogP contribution in [0, 0.1) is 5.92 Å². The minimum absolute atomic E-state index is 0.00868. The first kappa shape index (κ1) is 14.8. The van der Waals surface area contributed by atoms with Crippen LogP contribution in [0.25, 0.3) is 0 Å². The second-order valence-corrected chi connectivity index (χ2v) is 5.45. The molecule has 0 aliphatic rings. The van der Waals surface area contributed by atoms with E-state index in [9.17, 15) is 9.90 Å². The number of carbonyl (C=O) groups excluding carboxylic acids is 1. The summed E-state index contributed by atoms with van der Waals surface area (Å²) in [5.74, 6) is 1.64. The molecule has 0 radical (unpaired) electrons. The molecule has 0 aromatic heterocycles. The van der Waals surface area contributed by atoms with Crippen molar-refractivity contribution in [3.63, 3.8) is 0 Å². The molecule has 0 spiro atoms. The van der Waals surface area contributed by atoms with Gasteiger partial charge in [0.1, 0.15) is 0 Å². The Morgan fingerprint density at radius 1 is 1.53 bits per heavy atom. The van der Waals surface area contributed by atoms with Crippen LogP contribution in [-0.2, 0) is 4.79 Å². The van der Waals surface area contributed by atoms with Gasteiger partial charge in [0, 0.05) is 6.54 Å². The molecule has 0 rings (SSSR count). The summed E-state index contributed by atoms with van der Waals surface area (Å²) >= 11 is 1.63. The number of hydrogen-bond acceptors (Lipinski definition) is 3. The Balaban J connectivity index is 3.71. The summed E-state index contributed by atoms with van der Waals surface area (Å²) in [5, 5.41) is 12.6. The Morgan fingerprint density at radius 2 is 2.13 bits per heavy atom. The number of nitrogens with one attached hydrogen (secondary N) is 1. The molecular weight excluding hydrogens is 210 g/mol. The standard InChI is InChI=1S/C11H23NO2S/c1-5-6-15-7-10(13)12-8-11(4,14)9(2)3/h9,14H,5-8H2,1-4H3,(H,12,13). The molecule has 0 aliphatic heterocycles. The maximum Gasteiger partial charge on any atom is 0.230 e. The van der Waals surface area contributed by atoms with Gasteiger partial charge in [0.15, 0.2) is 0 Å². The first-order valence-corrected chi connectivity index (χ1v) is 6.62. The number of thioether (sulfide) groups is 1. The predicted molar refractivity (Wildman–Crippen MR) is 66.1 cm³/mol. The smallest absolute Gasteiger partial charge is 0.230 e. The number of rotatable bonds is 7. The van der Waals surface area contributed by atoms with Crippen molar-refractivity contribution in [1.82, 2.24) is 5.32 Å². The Bertz CT molecular complexity index is 193. The molecule has 1 amide bonds. The van der Waals surface area contributed by atoms with E-state index in [1.165, 1.54) is 0 Å². The molecule has 0 heterocycles. The number of amides is 1. The van der Waals surface area contributed by atoms with E-state index < -0.39 is 5.60 Å². The van der Waals surface area contributed by atoms with Crippen LogP contribution in [-0.4, -0.2) is 34.7 Å². The lowest BCUT2D eigenvalue weighted by molar-refractivity contribution is -0.120. The number of aliphatic hydroxyl groups is 1. The van der Waals surface area contributed by atoms with Crippen LogP contribution >= 0.6 is 11.8 Å². The summed E-state index contributed by atoms with van der Waals surface area (Å²) in [6.45, 7) is 8.05. The highest BCUT2D eigenvalue weighted by Gasteiger charge is 2.25. The third kappa shape index (κ3) is 6.79. The molecule has 0 saturated carbocycles. The monoisotopic (exact) mass is 233 g/mol. The van der Waals surface area contributed by atoms with Crippen LogP contribution < -0.4 is 5.32 Å². The topological polar surface area (TPSA) is 49.3 Å². The quantitative estimate of drug-likeness (QED) is 0.657. The van der Waals surface area contributed by atoms with E-state index in [4.69, 9.17) is 0 Å². The molecule has 90 valence electrons. The first-order valence-electron chi connectivity index (χ1n) is 5.47. The molecule has 0 bridgehead atoms. The van der Waals surface area contributed by atoms with Gasteiger partial charge in [-0.25, -0.2) is 0 Å². The Labute approximate surface area is 97.0 Å². The van der Waals surface area contributed by atoms with E-state index in [1.54, 1.807) is 18.7 Å². The van der Waals surface area contributed by atoms with E-state index in [0.717, 1.165) is 12.2 Å². The molecule has 0 saturated heterocycles. The van der Waals surface area contributed by atoms with Gasteiger partial charge >= 0.3 is 0 Å². The highest BCUT2D eigenvalue weighted by molar-refractivity contribution is 7.99. The Hall–Kier alpha value is -0.220. The van der Waals surface area contributed by atoms with Crippen LogP contribution in [0.5, 0.6) is 0 Å². The molecule has 0 aliphatic carbocycles. The summed E-state index contributed by atoms with van der Waals surface area (Å²) in [6.07, 6.45) is 1.08. The maximum absolute atomic E-state index is 11.3. The molecule has 0 fully saturated rings. The average Bonchev–Trinajstić information content (AvgIpc) is 2.15. The van der Waals surface area contributed by atoms with Crippen LogP contribution in [0.3, 0.4) is 0 Å². The van der Waals surface area contributed by atoms with Crippen molar-refractivity contribution in [3.8, 4) is 0 Å². The van der Waals surface area contributed by atoms with Crippen molar-refractivity contribution >= 4 is 17.7 Å². The van der Waals surface area contributed by atoms with Gasteiger partial charge in [-0.15, -0.1) is 0 Å². The van der Waals surface area contributed by atoms with E-state index in [1.807, 2.05) is 13.8 Å². The second kappa shape index (κ2) is 7.12. The lowest BCUT2D eigenvalue weighted by atomic mass is 9.93. The van der Waals surface area contributed by atoms with Gasteiger partial charge in [-0.2, -0.15) is 11.8 Å². The van der Waals surface area contributed by atoms with E-state index in [2.05, 4.69) is 12.2 Å². The van der Waals surface area contributed by atoms with Gasteiger partial charge in [-0.1, -0.05) is 20.8 Å². The zero-order chi connectivity index (χ0) is 11.9. The minimum Gasteiger partial charge on any atom is -0.388 e. The van der Waals surface area contributed by atoms with E-state index >= 15 is 0 Å². The molecule has 0 aromatic rings. The van der Waals surface area contributed by atoms with Crippen LogP contribution in [0.2, 0.25) is 0 Å². The second-order valence-electron chi connectivity index (χ2n) is 4.34. The zero-order valence-corrected chi connectivity index (χ0v) is 11.0. The summed E-state index contributed by atoms with van der Waals surface area (Å²) in [7, 11) is 0. The van der Waals surface area contributed by atoms with Gasteiger partial charge in [-0.3, -0.25) is 4.79 Å². The fourth-order valence-corrected chi connectivity index (χ4v) is 1.56. The highest BCUT2D eigenvalue weighted by Crippen LogP contribution is 2.14. The summed E-state index contributed by atoms with van der Waals surface area (Å²) in [6, 6.07) is 0. The first-order chi connectivity index (χ1) is 6.90. The fourth-order valence-electron chi connectivity index (χ4n) is 0.842. The fraction of sp³-hybridized carbons (Fsp3) is 0.909. The van der Waals surface area contributed by atoms with Crippen LogP contribution in [0.4, 0.5) is 0 Å². The van der Waals surface area contributed by atoms with Gasteiger partial charge in [0.25, 0.3) is 0 Å². The largest absolute Gasteiger partial charge is 0.388 e. The minimum atomic E-state index is -0.814. The SMILES string of the molecule is CCCSCC(=O)NCC(C)(O)C(C)C. The summed E-state index contributed by atoms with van der Waals surface area (Å²) in [5.41, 5.74) is -0.814. The van der Waals surface area contributed by atoms with Gasteiger partial charge in [-0.05, 0) is 25.0 Å². The summed E-state index contributed by atoms with van der Waals surface area (Å²) < 4.78 is 0. The van der Waals surface area contributed by atoms with Crippen LogP contribution in [0.1, 0.15) is 34.1 Å². The van der Waals surface area contributed by atoms with Gasteiger partial charge in [0.05, 0.1) is 11.4 Å². The molecule has 15 heavy (non-hydrogen) atoms. The zero-order valence-electron chi connectivity index (χ0n) is 10.2.